The van der Waals surface area contributed by atoms with Gasteiger partial charge in [-0.05, 0) is 13.8 Å². The Balaban J connectivity index is 3.35. The van der Waals surface area contributed by atoms with Crippen molar-refractivity contribution in [1.29, 1.82) is 0 Å². The van der Waals surface area contributed by atoms with E-state index in [0.717, 1.165) is 0 Å². The maximum Gasteiger partial charge on any atom is 0.334 e. The average Bonchev–Trinajstić information content (AvgIpc) is 2.26. The van der Waals surface area contributed by atoms with E-state index >= 15 is 0 Å². The van der Waals surface area contributed by atoms with Gasteiger partial charge in [0.15, 0.2) is 0 Å². The van der Waals surface area contributed by atoms with Gasteiger partial charge >= 0.3 is 5.97 Å². The summed E-state index contributed by atoms with van der Waals surface area (Å²) in [6, 6.07) is 0. The Bertz CT molecular complexity index is 173. The summed E-state index contributed by atoms with van der Waals surface area (Å²) in [5, 5.41) is 9.21. The van der Waals surface area contributed by atoms with Gasteiger partial charge in [0.25, 0.3) is 0 Å². The molecule has 6 nitrogen and oxygen atoms in total. The van der Waals surface area contributed by atoms with Crippen molar-refractivity contribution in [3.63, 3.8) is 0 Å². The lowest BCUT2D eigenvalue weighted by Crippen LogP contribution is -2.26. The third kappa shape index (κ3) is 9.85. The van der Waals surface area contributed by atoms with E-state index in [9.17, 15) is 9.90 Å². The highest BCUT2D eigenvalue weighted by Gasteiger charge is 2.10. The molecule has 0 aromatic carbocycles. The molecule has 6 heteroatoms. The summed E-state index contributed by atoms with van der Waals surface area (Å²) in [5.41, 5.74) is 0. The van der Waals surface area contributed by atoms with Gasteiger partial charge in [-0.15, -0.1) is 0 Å². The Hall–Kier alpha value is -0.690. The van der Waals surface area contributed by atoms with Crippen LogP contribution >= 0.6 is 0 Å². The Morgan fingerprint density at radius 1 is 1.12 bits per heavy atom. The number of carbonyl (C=O) groups excluding carboxylic acids is 1. The minimum atomic E-state index is -1.26. The van der Waals surface area contributed by atoms with E-state index in [-0.39, 0.29) is 13.2 Å². The van der Waals surface area contributed by atoms with Gasteiger partial charge in [0.05, 0.1) is 13.2 Å². The lowest BCUT2D eigenvalue weighted by molar-refractivity contribution is -0.182. The van der Waals surface area contributed by atoms with E-state index in [0.29, 0.717) is 26.4 Å². The predicted molar refractivity (Wildman–Crippen MR) is 55.9 cm³/mol. The van der Waals surface area contributed by atoms with Gasteiger partial charge in [-0.1, -0.05) is 0 Å². The Labute approximate surface area is 95.4 Å². The summed E-state index contributed by atoms with van der Waals surface area (Å²) < 4.78 is 19.4. The number of hydrogen-bond acceptors (Lipinski definition) is 6. The third-order valence-corrected chi connectivity index (χ3v) is 1.53. The zero-order valence-corrected chi connectivity index (χ0v) is 9.81. The molecule has 16 heavy (non-hydrogen) atoms. The van der Waals surface area contributed by atoms with Gasteiger partial charge in [0.1, 0.15) is 13.2 Å². The molecule has 0 aliphatic heterocycles. The normalized spacial score (nSPS) is 12.4. The number of aliphatic hydroxyl groups excluding tert-OH is 1. The van der Waals surface area contributed by atoms with Crippen molar-refractivity contribution >= 4 is 5.97 Å². The first-order valence-corrected chi connectivity index (χ1v) is 5.31. The molecule has 0 bridgehead atoms. The number of carbonyl (C=O) groups is 1. The van der Waals surface area contributed by atoms with Crippen LogP contribution in [0.1, 0.15) is 13.8 Å². The number of hydrogen-bond donors (Lipinski definition) is 1. The molecule has 0 aromatic heterocycles. The molecule has 0 fully saturated rings. The lowest BCUT2D eigenvalue weighted by atomic mass is 10.6. The first-order chi connectivity index (χ1) is 7.70. The van der Waals surface area contributed by atoms with Gasteiger partial charge < -0.3 is 24.1 Å². The Morgan fingerprint density at radius 3 is 2.38 bits per heavy atom. The van der Waals surface area contributed by atoms with Crippen LogP contribution in [0, 0.1) is 0 Å². The molecule has 0 aliphatic carbocycles. The van der Waals surface area contributed by atoms with Crippen LogP contribution < -0.4 is 0 Å². The van der Waals surface area contributed by atoms with E-state index in [1.807, 2.05) is 6.92 Å². The SMILES string of the molecule is CCOCCOCC(O)OC(=O)COCC. The fourth-order valence-electron chi connectivity index (χ4n) is 0.852. The van der Waals surface area contributed by atoms with Gasteiger partial charge in [-0.2, -0.15) is 0 Å². The molecular weight excluding hydrogens is 216 g/mol. The van der Waals surface area contributed by atoms with Crippen LogP contribution in [0.15, 0.2) is 0 Å². The minimum absolute atomic E-state index is 0.0645. The number of rotatable bonds is 10. The number of aliphatic hydroxyl groups is 1. The maximum atomic E-state index is 11.0. The molecular formula is C10H20O6. The summed E-state index contributed by atoms with van der Waals surface area (Å²) >= 11 is 0. The molecule has 0 rings (SSSR count). The van der Waals surface area contributed by atoms with Crippen molar-refractivity contribution in [3.05, 3.63) is 0 Å². The summed E-state index contributed by atoms with van der Waals surface area (Å²) in [7, 11) is 0. The van der Waals surface area contributed by atoms with Crippen LogP contribution in [0.25, 0.3) is 0 Å². The monoisotopic (exact) mass is 236 g/mol. The molecule has 0 saturated carbocycles. The molecule has 0 heterocycles. The van der Waals surface area contributed by atoms with Crippen molar-refractivity contribution in [2.24, 2.45) is 0 Å². The summed E-state index contributed by atoms with van der Waals surface area (Å²) in [5.74, 6) is -0.609. The smallest absolute Gasteiger partial charge is 0.334 e. The van der Waals surface area contributed by atoms with E-state index in [4.69, 9.17) is 14.2 Å². The minimum Gasteiger partial charge on any atom is -0.432 e. The van der Waals surface area contributed by atoms with Crippen molar-refractivity contribution < 1.29 is 28.8 Å². The molecule has 0 aliphatic rings. The Kier molecular flexibility index (Phi) is 10.3. The topological polar surface area (TPSA) is 74.2 Å². The molecule has 1 atom stereocenters. The quantitative estimate of drug-likeness (QED) is 0.325. The van der Waals surface area contributed by atoms with E-state index < -0.39 is 12.3 Å². The van der Waals surface area contributed by atoms with E-state index in [2.05, 4.69) is 4.74 Å². The summed E-state index contributed by atoms with van der Waals surface area (Å²) in [6.07, 6.45) is -1.26. The van der Waals surface area contributed by atoms with Gasteiger partial charge in [-0.3, -0.25) is 0 Å². The van der Waals surface area contributed by atoms with Gasteiger partial charge in [0, 0.05) is 13.2 Å². The third-order valence-electron chi connectivity index (χ3n) is 1.53. The first-order valence-electron chi connectivity index (χ1n) is 5.31. The van der Waals surface area contributed by atoms with Crippen LogP contribution in [0.2, 0.25) is 0 Å². The molecule has 0 spiro atoms. The zero-order chi connectivity index (χ0) is 12.2. The molecule has 0 saturated heterocycles. The second-order valence-electron chi connectivity index (χ2n) is 2.85. The lowest BCUT2D eigenvalue weighted by Gasteiger charge is -2.12. The molecule has 1 N–H and O–H groups in total. The van der Waals surface area contributed by atoms with Crippen molar-refractivity contribution in [1.82, 2.24) is 0 Å². The highest BCUT2D eigenvalue weighted by molar-refractivity contribution is 5.70. The fraction of sp³-hybridized carbons (Fsp3) is 0.900. The highest BCUT2D eigenvalue weighted by Crippen LogP contribution is 1.91. The predicted octanol–water partition coefficient (Wildman–Crippen LogP) is -0.0624. The molecule has 96 valence electrons. The van der Waals surface area contributed by atoms with Crippen LogP contribution in [0.3, 0.4) is 0 Å². The molecule has 1 unspecified atom stereocenters. The molecule has 0 amide bonds. The van der Waals surface area contributed by atoms with Gasteiger partial charge in [-0.25, -0.2) is 4.79 Å². The van der Waals surface area contributed by atoms with Crippen molar-refractivity contribution in [3.8, 4) is 0 Å². The average molecular weight is 236 g/mol. The molecule has 0 radical (unpaired) electrons. The second-order valence-corrected chi connectivity index (χ2v) is 2.85. The van der Waals surface area contributed by atoms with E-state index in [1.54, 1.807) is 6.92 Å². The van der Waals surface area contributed by atoms with Crippen LogP contribution in [-0.4, -0.2) is 57.0 Å². The first kappa shape index (κ1) is 15.3. The number of ether oxygens (including phenoxy) is 4. The maximum absolute atomic E-state index is 11.0. The molecule has 0 aromatic rings. The van der Waals surface area contributed by atoms with Crippen LogP contribution in [0.5, 0.6) is 0 Å². The zero-order valence-electron chi connectivity index (χ0n) is 9.81. The largest absolute Gasteiger partial charge is 0.432 e. The highest BCUT2D eigenvalue weighted by atomic mass is 16.7. The van der Waals surface area contributed by atoms with Crippen molar-refractivity contribution in [2.75, 3.05) is 39.6 Å². The standard InChI is InChI=1S/C10H20O6/c1-3-13-5-6-15-8-10(12)16-9(11)7-14-4-2/h10,12H,3-8H2,1-2H3. The van der Waals surface area contributed by atoms with Gasteiger partial charge in [0.2, 0.25) is 6.29 Å². The summed E-state index contributed by atoms with van der Waals surface area (Å²) in [4.78, 5) is 11.0. The fourth-order valence-corrected chi connectivity index (χ4v) is 0.852. The summed E-state index contributed by atoms with van der Waals surface area (Å²) in [6.45, 7) is 5.28. The second kappa shape index (κ2) is 10.8. The van der Waals surface area contributed by atoms with Crippen LogP contribution in [-0.2, 0) is 23.7 Å². The Morgan fingerprint density at radius 2 is 1.75 bits per heavy atom. The van der Waals surface area contributed by atoms with E-state index in [1.165, 1.54) is 0 Å². The number of esters is 1. The van der Waals surface area contributed by atoms with Crippen LogP contribution in [0.4, 0.5) is 0 Å². The van der Waals surface area contributed by atoms with Crippen molar-refractivity contribution in [2.45, 2.75) is 20.1 Å².